The number of nitrogens with zero attached hydrogens (tertiary/aromatic N) is 2. The van der Waals surface area contributed by atoms with Gasteiger partial charge < -0.3 is 73.6 Å². The van der Waals surface area contributed by atoms with Crippen molar-refractivity contribution in [1.82, 2.24) is 62.7 Å². The maximum atomic E-state index is 15.2. The number of amidine groups is 1. The number of aromatic nitrogens is 2. The molecule has 8 rings (SSSR count). The Kier molecular flexibility index (Phi) is 28.0. The molecule has 25 nitrogen and oxygen atoms in total. The number of aromatic hydroxyl groups is 1. The van der Waals surface area contributed by atoms with Crippen LogP contribution in [0.2, 0.25) is 0 Å². The van der Waals surface area contributed by atoms with Gasteiger partial charge in [-0.1, -0.05) is 36.4 Å². The molecule has 2 aliphatic rings. The Morgan fingerprint density at radius 3 is 1.87 bits per heavy atom. The van der Waals surface area contributed by atoms with Crippen molar-refractivity contribution in [3.05, 3.63) is 137 Å². The number of phenols is 1. The average molecular weight is 1390 g/mol. The number of benzene rings is 4. The molecule has 1 saturated heterocycles. The molecule has 2 aromatic heterocycles. The van der Waals surface area contributed by atoms with E-state index in [1.54, 1.807) is 35.7 Å². The highest BCUT2D eigenvalue weighted by Crippen LogP contribution is 2.32. The molecular weight excluding hydrogens is 1300 g/mol. The molecule has 7 atom stereocenters. The predicted molar refractivity (Wildman–Crippen MR) is 371 cm³/mol. The number of thioether (sulfide) groups is 2. The molecule has 0 aliphatic carbocycles. The largest absolute Gasteiger partial charge is 0.508 e. The van der Waals surface area contributed by atoms with Crippen LogP contribution in [0.5, 0.6) is 5.75 Å². The summed E-state index contributed by atoms with van der Waals surface area (Å²) < 4.78 is 29.7. The van der Waals surface area contributed by atoms with Crippen LogP contribution in [-0.4, -0.2) is 172 Å². The molecule has 0 radical (unpaired) electrons. The fourth-order valence-corrected chi connectivity index (χ4v) is 13.7. The van der Waals surface area contributed by atoms with Crippen LogP contribution in [0.4, 0.5) is 8.78 Å². The molecule has 4 aromatic carbocycles. The van der Waals surface area contributed by atoms with Gasteiger partial charge in [-0.2, -0.15) is 23.5 Å². The van der Waals surface area contributed by atoms with Crippen LogP contribution in [0.15, 0.2) is 102 Å². The monoisotopic (exact) mass is 1390 g/mol. The minimum Gasteiger partial charge on any atom is -0.508 e. The smallest absolute Gasteiger partial charge is 0.246 e. The first kappa shape index (κ1) is 74.4. The number of hydrogen-bond donors (Lipinski definition) is 13. The molecule has 1 fully saturated rings. The van der Waals surface area contributed by atoms with Gasteiger partial charge >= 0.3 is 0 Å². The van der Waals surface area contributed by atoms with Gasteiger partial charge in [-0.25, -0.2) is 8.78 Å². The van der Waals surface area contributed by atoms with Gasteiger partial charge in [-0.15, -0.1) is 0 Å². The lowest BCUT2D eigenvalue weighted by Crippen LogP contribution is -2.61. The third-order valence-corrected chi connectivity index (χ3v) is 19.3. The zero-order chi connectivity index (χ0) is 70.1. The second kappa shape index (κ2) is 36.8. The van der Waals surface area contributed by atoms with Crippen molar-refractivity contribution < 1.29 is 61.8 Å². The normalized spacial score (nSPS) is 22.2. The number of unbranched alkanes of at least 4 members (excludes halogenated alkanes) is 2. The van der Waals surface area contributed by atoms with Crippen LogP contribution in [-0.2, 0) is 78.7 Å². The SMILES string of the molecule is C[C@H]1NC(=O)[C@H](CCCCN)NC(=O)CCSCc2cccc(c2)CSCCN=C(NC=O)[C@]2(C)CCCN2C(=O)[C@H](Cc2ccc(O)cc2)NC(=O)[C@H](CCCCNC=O)NC(=O)CNC(=O)[C@H](Cc2c[nH]c3ccc(F)cc23)NC(=O)[C@H](Cc2c[nH]c3ccc(F)cc23)NC1=O. The van der Waals surface area contributed by atoms with E-state index in [1.165, 1.54) is 79.6 Å². The van der Waals surface area contributed by atoms with Crippen LogP contribution in [0, 0.1) is 11.6 Å². The molecule has 10 amide bonds. The maximum absolute atomic E-state index is 15.2. The number of rotatable bonds is 17. The van der Waals surface area contributed by atoms with Gasteiger partial charge in [0.25, 0.3) is 0 Å². The first-order chi connectivity index (χ1) is 47.2. The number of carbonyl (C=O) groups excluding carboxylic acids is 10. The molecule has 6 aromatic rings. The van der Waals surface area contributed by atoms with Crippen molar-refractivity contribution >= 4 is 111 Å². The van der Waals surface area contributed by atoms with E-state index in [9.17, 15) is 57.0 Å². The number of nitrogens with two attached hydrogens (primary N) is 1. The fraction of sp³-hybridized carbons (Fsp3) is 0.435. The van der Waals surface area contributed by atoms with Crippen molar-refractivity contribution in [1.29, 1.82) is 0 Å². The third-order valence-electron chi connectivity index (χ3n) is 17.3. The average Bonchev–Trinajstić information content (AvgIpc) is 1.58. The van der Waals surface area contributed by atoms with Gasteiger partial charge in [0.1, 0.15) is 59.5 Å². The quantitative estimate of drug-likeness (QED) is 0.0456. The minimum absolute atomic E-state index is 0.0175. The number of halogens is 2. The Morgan fingerprint density at radius 2 is 1.23 bits per heavy atom. The molecule has 2 bridgehead atoms. The number of amides is 10. The Labute approximate surface area is 574 Å². The molecular formula is C69H86F2N14O11S2. The predicted octanol–water partition coefficient (Wildman–Crippen LogP) is 3.85. The lowest BCUT2D eigenvalue weighted by Gasteiger charge is -2.38. The van der Waals surface area contributed by atoms with E-state index in [-0.39, 0.29) is 76.2 Å². The van der Waals surface area contributed by atoms with Crippen LogP contribution in [0.3, 0.4) is 0 Å². The molecule has 0 spiro atoms. The fourth-order valence-electron chi connectivity index (χ4n) is 12.0. The summed E-state index contributed by atoms with van der Waals surface area (Å²) in [5, 5.41) is 35.3. The van der Waals surface area contributed by atoms with Crippen molar-refractivity contribution in [2.24, 2.45) is 10.7 Å². The molecule has 4 heterocycles. The number of H-pyrrole nitrogens is 2. The van der Waals surface area contributed by atoms with Gasteiger partial charge in [0.05, 0.1) is 18.6 Å². The Hall–Kier alpha value is -9.35. The van der Waals surface area contributed by atoms with Gasteiger partial charge in [0.15, 0.2) is 0 Å². The van der Waals surface area contributed by atoms with Gasteiger partial charge in [-0.3, -0.25) is 52.9 Å². The van der Waals surface area contributed by atoms with Gasteiger partial charge in [0, 0.05) is 96.0 Å². The first-order valence-corrected chi connectivity index (χ1v) is 35.1. The first-order valence-electron chi connectivity index (χ1n) is 32.8. The van der Waals surface area contributed by atoms with Crippen molar-refractivity contribution in [2.45, 2.75) is 144 Å². The van der Waals surface area contributed by atoms with E-state index in [0.717, 1.165) is 11.1 Å². The molecule has 524 valence electrons. The zero-order valence-corrected chi connectivity index (χ0v) is 56.4. The van der Waals surface area contributed by atoms with Crippen LogP contribution >= 0.6 is 23.5 Å². The summed E-state index contributed by atoms with van der Waals surface area (Å²) in [5.41, 5.74) is 9.03. The van der Waals surface area contributed by atoms with Crippen LogP contribution in [0.1, 0.15) is 99.5 Å². The van der Waals surface area contributed by atoms with E-state index >= 15 is 4.79 Å². The second-order valence-corrected chi connectivity index (χ2v) is 26.8. The summed E-state index contributed by atoms with van der Waals surface area (Å²) in [7, 11) is 0. The number of fused-ring (bicyclic) bond motifs is 5. The molecule has 0 unspecified atom stereocenters. The summed E-state index contributed by atoms with van der Waals surface area (Å²) in [6, 6.07) is 13.9. The van der Waals surface area contributed by atoms with Crippen molar-refractivity contribution in [3.8, 4) is 5.75 Å². The molecule has 0 saturated carbocycles. The lowest BCUT2D eigenvalue weighted by molar-refractivity contribution is -0.139. The highest BCUT2D eigenvalue weighted by atomic mass is 32.2. The third kappa shape index (κ3) is 21.3. The highest BCUT2D eigenvalue weighted by Gasteiger charge is 2.46. The maximum Gasteiger partial charge on any atom is 0.246 e. The second-order valence-electron chi connectivity index (χ2n) is 24.5. The van der Waals surface area contributed by atoms with Crippen molar-refractivity contribution in [2.75, 3.05) is 44.2 Å². The Bertz CT molecular complexity index is 3820. The highest BCUT2D eigenvalue weighted by molar-refractivity contribution is 7.98. The summed E-state index contributed by atoms with van der Waals surface area (Å²) in [6.07, 6.45) is 6.21. The molecule has 29 heteroatoms. The number of hydrogen-bond acceptors (Lipinski definition) is 15. The summed E-state index contributed by atoms with van der Waals surface area (Å²) in [5.74, 6) is -4.78. The summed E-state index contributed by atoms with van der Waals surface area (Å²) in [4.78, 5) is 152. The lowest BCUT2D eigenvalue weighted by atomic mass is 9.95. The van der Waals surface area contributed by atoms with E-state index < -0.39 is 107 Å². The Balaban J connectivity index is 1.11. The van der Waals surface area contributed by atoms with Gasteiger partial charge in [0.2, 0.25) is 60.1 Å². The molecule has 2 aliphatic heterocycles. The van der Waals surface area contributed by atoms with E-state index in [2.05, 4.69) is 63.9 Å². The molecule has 98 heavy (non-hydrogen) atoms. The number of phenolic OH excluding ortho intramolecular Hbond substituents is 1. The summed E-state index contributed by atoms with van der Waals surface area (Å²) in [6.45, 7) is 3.46. The van der Waals surface area contributed by atoms with Crippen molar-refractivity contribution in [3.63, 3.8) is 0 Å². The number of carbonyl (C=O) groups is 10. The number of aromatic amines is 2. The molecule has 14 N–H and O–H groups in total. The van der Waals surface area contributed by atoms with Gasteiger partial charge in [-0.05, 0) is 148 Å². The van der Waals surface area contributed by atoms with E-state index in [0.29, 0.717) is 113 Å². The van der Waals surface area contributed by atoms with Crippen LogP contribution in [0.25, 0.3) is 21.8 Å². The number of aliphatic imine (C=N–C) groups is 1. The minimum atomic E-state index is -1.57. The topological polar surface area (TPSA) is 372 Å². The summed E-state index contributed by atoms with van der Waals surface area (Å²) >= 11 is 3.15. The van der Waals surface area contributed by atoms with E-state index in [4.69, 9.17) is 10.7 Å². The number of nitrogens with one attached hydrogen (secondary N) is 11. The standard InChI is InChI=1S/C69H86F2N14O11S2/c1-42-62(91)82-58(32-47-36-76-54-20-16-49(71)34-52(47)54)66(95)83-57(31-46-35-75-53-19-15-48(70)33-51(46)53)63(92)77-37-61(90)81-56(12-4-6-24-73-40-86)65(94)84-59(30-43-13-17-50(88)18-14-43)67(96)85-26-8-22-69(85,2)68(78-41-87)74-25-28-98-39-45-10-7-9-44(29-45)38-97-27-21-60(89)80-55(64(93)79-42)11-3-5-23-72/h7,9-10,13-20,29,33-36,40-42,55-59,75-76,88H,3-6,8,11-12,21-28,30-32,37-39,72H2,1-2H3,(H,73,86)(H,77,92)(H,79,93)(H,80,89)(H,81,90)(H,82,91)(H,83,95)(H,84,94)(H,74,78,87)/t42-,55+,56+,57+,58+,59+,69+/m1/s1. The van der Waals surface area contributed by atoms with Crippen LogP contribution < -0.4 is 53.6 Å². The zero-order valence-electron chi connectivity index (χ0n) is 54.8. The van der Waals surface area contributed by atoms with E-state index in [1.807, 2.05) is 18.2 Å². The Morgan fingerprint density at radius 1 is 0.653 bits per heavy atom.